The summed E-state index contributed by atoms with van der Waals surface area (Å²) in [4.78, 5) is 0. The van der Waals surface area contributed by atoms with E-state index in [2.05, 4.69) is 0 Å². The molecule has 15 heteroatoms. The molecule has 33 heavy (non-hydrogen) atoms. The van der Waals surface area contributed by atoms with Crippen LogP contribution in [-0.4, -0.2) is 156 Å². The number of aliphatic hydroxyl groups excluding tert-OH is 10. The molecule has 3 aliphatic rings. The molecule has 15 nitrogen and oxygen atoms in total. The topological polar surface area (TPSA) is 248 Å². The fraction of sp³-hybridized carbons (Fsp3) is 1.00. The molecule has 3 aliphatic heterocycles. The van der Waals surface area contributed by atoms with Crippen LogP contribution in [0, 0.1) is 0 Å². The Bertz CT molecular complexity index is 624. The molecule has 3 heterocycles. The van der Waals surface area contributed by atoms with E-state index in [4.69, 9.17) is 23.7 Å². The summed E-state index contributed by atoms with van der Waals surface area (Å²) in [5, 5.41) is 99.8. The van der Waals surface area contributed by atoms with Gasteiger partial charge in [-0.25, -0.2) is 0 Å². The minimum Gasteiger partial charge on any atom is -0.394 e. The monoisotopic (exact) mass is 488 g/mol. The molecule has 0 aromatic rings. The van der Waals surface area contributed by atoms with Crippen molar-refractivity contribution in [2.24, 2.45) is 0 Å². The lowest BCUT2D eigenvalue weighted by Crippen LogP contribution is -2.66. The fourth-order valence-electron chi connectivity index (χ4n) is 3.99. The maximum Gasteiger partial charge on any atom is 0.187 e. The Morgan fingerprint density at radius 2 is 1.06 bits per heavy atom. The number of rotatable bonds is 6. The first-order valence-corrected chi connectivity index (χ1v) is 10.4. The normalized spacial score (nSPS) is 53.7. The van der Waals surface area contributed by atoms with Gasteiger partial charge in [-0.3, -0.25) is 0 Å². The van der Waals surface area contributed by atoms with Gasteiger partial charge in [-0.15, -0.1) is 0 Å². The van der Waals surface area contributed by atoms with E-state index in [0.717, 1.165) is 0 Å². The zero-order valence-electron chi connectivity index (χ0n) is 17.6. The summed E-state index contributed by atoms with van der Waals surface area (Å²) in [5.41, 5.74) is 0. The summed E-state index contributed by atoms with van der Waals surface area (Å²) in [5.74, 6) is 0. The molecule has 0 aliphatic carbocycles. The molecule has 0 bridgehead atoms. The van der Waals surface area contributed by atoms with Crippen LogP contribution >= 0.6 is 0 Å². The third-order valence-electron chi connectivity index (χ3n) is 6.05. The molecule has 3 rings (SSSR count). The predicted octanol–water partition coefficient (Wildman–Crippen LogP) is -6.55. The second kappa shape index (κ2) is 11.0. The Morgan fingerprint density at radius 1 is 0.545 bits per heavy atom. The lowest BCUT2D eigenvalue weighted by Gasteiger charge is -2.48. The van der Waals surface area contributed by atoms with Crippen LogP contribution in [0.3, 0.4) is 0 Å². The van der Waals surface area contributed by atoms with Crippen LogP contribution in [0.5, 0.6) is 0 Å². The van der Waals surface area contributed by atoms with E-state index in [1.807, 2.05) is 0 Å². The van der Waals surface area contributed by atoms with Crippen LogP contribution in [-0.2, 0) is 23.7 Å². The molecule has 194 valence electrons. The van der Waals surface area contributed by atoms with Crippen LogP contribution in [0.25, 0.3) is 0 Å². The van der Waals surface area contributed by atoms with Gasteiger partial charge in [0.05, 0.1) is 19.3 Å². The molecule has 1 unspecified atom stereocenters. The summed E-state index contributed by atoms with van der Waals surface area (Å²) in [6.45, 7) is -0.127. The van der Waals surface area contributed by atoms with Crippen LogP contribution in [0.2, 0.25) is 0 Å². The average molecular weight is 488 g/mol. The van der Waals surface area contributed by atoms with Gasteiger partial charge < -0.3 is 74.7 Å². The van der Waals surface area contributed by atoms with Gasteiger partial charge in [0.1, 0.15) is 67.1 Å². The first kappa shape index (κ1) is 27.0. The van der Waals surface area contributed by atoms with Gasteiger partial charge in [0, 0.05) is 0 Å². The maximum atomic E-state index is 10.5. The van der Waals surface area contributed by atoms with Crippen LogP contribution < -0.4 is 0 Å². The van der Waals surface area contributed by atoms with Gasteiger partial charge in [0.25, 0.3) is 0 Å². The standard InChI is InChI=1S/C18H32O15/c1-4-7(21)9(23)11(25)17(29-4)33-15-13(27)16(28)30-6(3-20)14(15)32-18-12(26)10(24)8(22)5(2-19)31-18/h4-28H,2-3H2,1H3/t4-,5+,6+,7+,8-,9+,10-,11-,12+,13+,14+,15+,16?,17+,18-/m0/s1. The van der Waals surface area contributed by atoms with Crippen LogP contribution in [0.15, 0.2) is 0 Å². The highest BCUT2D eigenvalue weighted by molar-refractivity contribution is 4.96. The van der Waals surface area contributed by atoms with Crippen molar-refractivity contribution in [2.75, 3.05) is 13.2 Å². The van der Waals surface area contributed by atoms with E-state index in [0.29, 0.717) is 0 Å². The molecule has 0 radical (unpaired) electrons. The highest BCUT2D eigenvalue weighted by atomic mass is 16.8. The van der Waals surface area contributed by atoms with Gasteiger partial charge in [-0.05, 0) is 6.92 Å². The summed E-state index contributed by atoms with van der Waals surface area (Å²) >= 11 is 0. The summed E-state index contributed by atoms with van der Waals surface area (Å²) in [6.07, 6.45) is -24.0. The van der Waals surface area contributed by atoms with Crippen LogP contribution in [0.4, 0.5) is 0 Å². The Hall–Kier alpha value is -0.600. The van der Waals surface area contributed by atoms with Crippen molar-refractivity contribution >= 4 is 0 Å². The Balaban J connectivity index is 1.83. The van der Waals surface area contributed by atoms with Gasteiger partial charge in [-0.2, -0.15) is 0 Å². The van der Waals surface area contributed by atoms with Crippen molar-refractivity contribution in [2.45, 2.75) is 99.0 Å². The molecular weight excluding hydrogens is 456 g/mol. The second-order valence-corrected chi connectivity index (χ2v) is 8.32. The molecule has 0 saturated carbocycles. The molecule has 10 N–H and O–H groups in total. The zero-order valence-corrected chi connectivity index (χ0v) is 17.6. The Labute approximate surface area is 187 Å². The Morgan fingerprint density at radius 3 is 1.64 bits per heavy atom. The largest absolute Gasteiger partial charge is 0.394 e. The van der Waals surface area contributed by atoms with Gasteiger partial charge >= 0.3 is 0 Å². The highest BCUT2D eigenvalue weighted by Crippen LogP contribution is 2.32. The summed E-state index contributed by atoms with van der Waals surface area (Å²) < 4.78 is 26.9. The fourth-order valence-corrected chi connectivity index (χ4v) is 3.99. The van der Waals surface area contributed by atoms with E-state index >= 15 is 0 Å². The third kappa shape index (κ3) is 5.32. The molecule has 0 aromatic heterocycles. The SMILES string of the molecule is C[C@@H]1O[C@H](O[C@H]2[C@H](O[C@@H]3O[C@H](CO)[C@H](O)[C@H](O)[C@H]3O)[C@@H](CO)OC(O)[C@@H]2O)[C@@H](O)[C@H](O)[C@@H]1O. The van der Waals surface area contributed by atoms with Crippen molar-refractivity contribution in [3.05, 3.63) is 0 Å². The van der Waals surface area contributed by atoms with Crippen molar-refractivity contribution in [1.82, 2.24) is 0 Å². The first-order chi connectivity index (χ1) is 15.5. The minimum absolute atomic E-state index is 0.739. The summed E-state index contributed by atoms with van der Waals surface area (Å²) in [6, 6.07) is 0. The van der Waals surface area contributed by atoms with Crippen molar-refractivity contribution < 1.29 is 74.7 Å². The van der Waals surface area contributed by atoms with Gasteiger partial charge in [-0.1, -0.05) is 0 Å². The molecule has 3 fully saturated rings. The van der Waals surface area contributed by atoms with Crippen molar-refractivity contribution in [3.8, 4) is 0 Å². The van der Waals surface area contributed by atoms with Gasteiger partial charge in [0.15, 0.2) is 18.9 Å². The highest BCUT2D eigenvalue weighted by Gasteiger charge is 2.53. The Kier molecular flexibility index (Phi) is 8.99. The smallest absolute Gasteiger partial charge is 0.187 e. The van der Waals surface area contributed by atoms with Crippen molar-refractivity contribution in [1.29, 1.82) is 0 Å². The lowest BCUT2D eigenvalue weighted by atomic mass is 9.96. The molecule has 0 amide bonds. The zero-order chi connectivity index (χ0) is 24.6. The number of aliphatic hydroxyl groups is 10. The molecular formula is C18H32O15. The maximum absolute atomic E-state index is 10.5. The van der Waals surface area contributed by atoms with Crippen LogP contribution in [0.1, 0.15) is 6.92 Å². The van der Waals surface area contributed by atoms with E-state index in [1.54, 1.807) is 0 Å². The first-order valence-electron chi connectivity index (χ1n) is 10.4. The molecule has 0 aromatic carbocycles. The minimum atomic E-state index is -1.88. The van der Waals surface area contributed by atoms with Crippen molar-refractivity contribution in [3.63, 3.8) is 0 Å². The predicted molar refractivity (Wildman–Crippen MR) is 99.8 cm³/mol. The quantitative estimate of drug-likeness (QED) is 0.167. The number of hydrogen-bond acceptors (Lipinski definition) is 15. The number of hydrogen-bond donors (Lipinski definition) is 10. The lowest BCUT2D eigenvalue weighted by molar-refractivity contribution is -0.382. The molecule has 15 atom stereocenters. The summed E-state index contributed by atoms with van der Waals surface area (Å²) in [7, 11) is 0. The number of ether oxygens (including phenoxy) is 5. The van der Waals surface area contributed by atoms with Gasteiger partial charge in [0.2, 0.25) is 0 Å². The molecule has 0 spiro atoms. The second-order valence-electron chi connectivity index (χ2n) is 8.32. The van der Waals surface area contributed by atoms with E-state index in [9.17, 15) is 51.1 Å². The average Bonchev–Trinajstić information content (AvgIpc) is 2.80. The third-order valence-corrected chi connectivity index (χ3v) is 6.05. The van der Waals surface area contributed by atoms with E-state index < -0.39 is 105 Å². The van der Waals surface area contributed by atoms with E-state index in [-0.39, 0.29) is 0 Å². The molecule has 3 saturated heterocycles. The van der Waals surface area contributed by atoms with E-state index in [1.165, 1.54) is 6.92 Å².